The van der Waals surface area contributed by atoms with Gasteiger partial charge in [-0.2, -0.15) is 0 Å². The molecule has 0 amide bonds. The van der Waals surface area contributed by atoms with Gasteiger partial charge in [-0.1, -0.05) is 65.3 Å². The van der Waals surface area contributed by atoms with Gasteiger partial charge in [0.05, 0.1) is 6.04 Å². The van der Waals surface area contributed by atoms with Crippen LogP contribution in [-0.4, -0.2) is 48.5 Å². The number of nitrogen functional groups attached to an aromatic ring is 2. The number of rotatable bonds is 4. The fourth-order valence-corrected chi connectivity index (χ4v) is 3.88. The van der Waals surface area contributed by atoms with Crippen LogP contribution in [0.1, 0.15) is 58.1 Å². The number of nitrogens with two attached hydrogens (primary N) is 3. The zero-order valence-electron chi connectivity index (χ0n) is 22.5. The number of oxime groups is 1. The minimum absolute atomic E-state index is 0. The first-order chi connectivity index (χ1) is 20.7. The van der Waals surface area contributed by atoms with Gasteiger partial charge in [0.2, 0.25) is 5.17 Å². The number of aliphatic imine (C=N–C) groups is 1. The van der Waals surface area contributed by atoms with Gasteiger partial charge in [-0.25, -0.2) is 18.0 Å². The Morgan fingerprint density at radius 3 is 1.86 bits per heavy atom. The first-order valence-corrected chi connectivity index (χ1v) is 12.0. The van der Waals surface area contributed by atoms with E-state index >= 15 is 0 Å². The van der Waals surface area contributed by atoms with Crippen LogP contribution in [-0.2, 0) is 9.68 Å². The number of nitrogens with zero attached hydrogens (tertiary/aromatic N) is 6. The van der Waals surface area contributed by atoms with Gasteiger partial charge in [0.15, 0.2) is 35.0 Å². The Labute approximate surface area is 272 Å². The van der Waals surface area contributed by atoms with Crippen molar-refractivity contribution in [3.63, 3.8) is 0 Å². The minimum Gasteiger partial charge on any atom is -0.662 e. The Hall–Kier alpha value is -4.24. The summed E-state index contributed by atoms with van der Waals surface area (Å²) in [6.07, 6.45) is -2.16. The number of halogens is 3. The average molecular weight is 647 g/mol. The average Bonchev–Trinajstić information content (AvgIpc) is 3.68. The number of carbonyl (C=O) groups excluding carboxylic acids is 1. The van der Waals surface area contributed by atoms with E-state index in [0.29, 0.717) is 5.56 Å². The molecule has 4 unspecified atom stereocenters. The molecule has 0 spiro atoms. The summed E-state index contributed by atoms with van der Waals surface area (Å²) >= 11 is 5.29. The maximum atomic E-state index is 13.9. The minimum atomic E-state index is -1.22. The fourth-order valence-electron chi connectivity index (χ4n) is 3.75. The number of hydroxylamine groups is 1. The largest absolute Gasteiger partial charge is 1.00 e. The molecule has 6 rings (SSSR count). The Kier molecular flexibility index (Phi) is 14.0. The third kappa shape index (κ3) is 8.23. The number of aromatic nitrogens is 4. The van der Waals surface area contributed by atoms with Crippen molar-refractivity contribution < 1.29 is 73.0 Å². The maximum Gasteiger partial charge on any atom is 1.00 e. The molecule has 2 aliphatic carbocycles. The summed E-state index contributed by atoms with van der Waals surface area (Å²) < 4.78 is 35.3. The van der Waals surface area contributed by atoms with Crippen LogP contribution in [0.15, 0.2) is 67.9 Å². The van der Waals surface area contributed by atoms with E-state index in [4.69, 9.17) is 49.3 Å². The quantitative estimate of drug-likeness (QED) is 0.0274. The predicted octanol–water partition coefficient (Wildman–Crippen LogP) is -1.68. The Morgan fingerprint density at radius 2 is 1.43 bits per heavy atom. The van der Waals surface area contributed by atoms with E-state index in [2.05, 4.69) is 44.9 Å². The molecule has 0 fully saturated rings. The van der Waals surface area contributed by atoms with Crippen molar-refractivity contribution >= 4 is 40.7 Å². The molecule has 44 heavy (non-hydrogen) atoms. The number of anilines is 2. The van der Waals surface area contributed by atoms with Crippen LogP contribution in [0.5, 0.6) is 0 Å². The van der Waals surface area contributed by atoms with Crippen molar-refractivity contribution in [2.75, 3.05) is 11.5 Å². The topological polar surface area (TPSA) is 282 Å². The first-order valence-electron chi connectivity index (χ1n) is 11.7. The number of hydrogen-bond acceptors (Lipinski definition) is 16. The van der Waals surface area contributed by atoms with E-state index in [-0.39, 0.29) is 76.1 Å². The number of nitrogens with one attached hydrogen (secondary N) is 1. The van der Waals surface area contributed by atoms with Crippen molar-refractivity contribution in [2.45, 2.75) is 24.4 Å². The van der Waals surface area contributed by atoms with Crippen LogP contribution < -0.4 is 57.5 Å². The number of fused-ring (bicyclic) bond motifs is 2. The van der Waals surface area contributed by atoms with Gasteiger partial charge < -0.3 is 32.6 Å². The number of benzene rings is 2. The molecule has 228 valence electrons. The van der Waals surface area contributed by atoms with Crippen molar-refractivity contribution in [1.82, 2.24) is 26.1 Å². The third-order valence-electron chi connectivity index (χ3n) is 5.81. The monoisotopic (exact) mass is 646 g/mol. The molecule has 9 N–H and O–H groups in total. The van der Waals surface area contributed by atoms with Gasteiger partial charge in [0.1, 0.15) is 12.2 Å². The van der Waals surface area contributed by atoms with Gasteiger partial charge in [-0.05, 0) is 42.9 Å². The molecule has 2 aromatic heterocycles. The van der Waals surface area contributed by atoms with Crippen LogP contribution in [0.2, 0.25) is 0 Å². The Bertz CT molecular complexity index is 1550. The standard InChI is InChI=1S/C11H10FN5O2.C8H8FN.C3H3ClN4O2.CH2O3.Na/c12-7-5-3-1-2-4-6(5)8(7)14-11(15-18)9-10(13)17-19-16-9;9-7-5-3-1-2-4-6(5)8(7)10;4-2(6-9)1-3(5)8-10-7-1;2-1-4-3;/h1-4,7-8,18H,(H2,13,17)(H,14,15);1-4,7-8H,10H2;9H,(H2,5,8);1,3H;/q;;;;+1/p-1/b;;6-2-;;. The maximum absolute atomic E-state index is 13.9. The van der Waals surface area contributed by atoms with Crippen LogP contribution in [0.25, 0.3) is 0 Å². The molecule has 0 aliphatic heterocycles. The summed E-state index contributed by atoms with van der Waals surface area (Å²) in [5.74, 6) is -0.132. The van der Waals surface area contributed by atoms with Gasteiger partial charge in [-0.15, -0.1) is 0 Å². The van der Waals surface area contributed by atoms with Crippen LogP contribution in [0, 0.1) is 0 Å². The van der Waals surface area contributed by atoms with Gasteiger partial charge in [0.25, 0.3) is 6.47 Å². The fraction of sp³-hybridized carbons (Fsp3) is 0.174. The van der Waals surface area contributed by atoms with E-state index in [1.807, 2.05) is 23.7 Å². The molecule has 0 saturated carbocycles. The molecule has 4 aromatic rings. The molecule has 17 nitrogen and oxygen atoms in total. The molecule has 0 saturated heterocycles. The second-order valence-electron chi connectivity index (χ2n) is 8.20. The SMILES string of the molecule is NC1c2ccccc2C1F.Nc1nonc1/C(Cl)=N/O.Nc1nonc1C(=NC1c2ccccc2C1F)NO.O=CO[O-].[Na+]. The van der Waals surface area contributed by atoms with E-state index in [9.17, 15) is 8.78 Å². The molecule has 21 heteroatoms. The zero-order chi connectivity index (χ0) is 31.5. The van der Waals surface area contributed by atoms with E-state index in [1.54, 1.807) is 30.3 Å². The second kappa shape index (κ2) is 17.2. The van der Waals surface area contributed by atoms with Gasteiger partial charge in [-0.3, -0.25) is 20.5 Å². The predicted molar refractivity (Wildman–Crippen MR) is 140 cm³/mol. The molecule has 2 aliphatic rings. The van der Waals surface area contributed by atoms with Crippen LogP contribution in [0.3, 0.4) is 0 Å². The van der Waals surface area contributed by atoms with Gasteiger partial charge in [0, 0.05) is 0 Å². The summed E-state index contributed by atoms with van der Waals surface area (Å²) in [7, 11) is 0. The summed E-state index contributed by atoms with van der Waals surface area (Å²) in [6, 6.07) is 13.3. The molecular formula is C23H22ClF2N10NaO7. The van der Waals surface area contributed by atoms with E-state index in [1.165, 1.54) is 0 Å². The normalized spacial score (nSPS) is 19.1. The van der Waals surface area contributed by atoms with Gasteiger partial charge >= 0.3 is 29.6 Å². The molecule has 4 atom stereocenters. The molecule has 2 aromatic carbocycles. The molecule has 2 heterocycles. The van der Waals surface area contributed by atoms with E-state index in [0.717, 1.165) is 16.7 Å². The number of alkyl halides is 2. The summed E-state index contributed by atoms with van der Waals surface area (Å²) in [5, 5.41) is 41.3. The second-order valence-corrected chi connectivity index (χ2v) is 8.56. The molecule has 0 radical (unpaired) electrons. The van der Waals surface area contributed by atoms with Crippen molar-refractivity contribution in [2.24, 2.45) is 15.9 Å². The summed E-state index contributed by atoms with van der Waals surface area (Å²) in [6.45, 7) is -0.181. The van der Waals surface area contributed by atoms with Crippen molar-refractivity contribution in [3.05, 3.63) is 82.2 Å². The van der Waals surface area contributed by atoms with Crippen LogP contribution >= 0.6 is 11.6 Å². The summed E-state index contributed by atoms with van der Waals surface area (Å²) in [5.41, 5.74) is 21.1. The van der Waals surface area contributed by atoms with Crippen molar-refractivity contribution in [3.8, 4) is 0 Å². The number of hydrogen-bond donors (Lipinski definition) is 6. The Balaban J connectivity index is 0.000000230. The Morgan fingerprint density at radius 1 is 0.955 bits per heavy atom. The summed E-state index contributed by atoms with van der Waals surface area (Å²) in [4.78, 5) is 15.3. The number of carbonyl (C=O) groups is 1. The van der Waals surface area contributed by atoms with Crippen LogP contribution in [0.4, 0.5) is 20.4 Å². The smallest absolute Gasteiger partial charge is 0.662 e. The molecular weight excluding hydrogens is 625 g/mol. The zero-order valence-corrected chi connectivity index (χ0v) is 25.2. The third-order valence-corrected chi connectivity index (χ3v) is 6.06. The van der Waals surface area contributed by atoms with E-state index < -0.39 is 18.4 Å². The first kappa shape index (κ1) is 36.0. The van der Waals surface area contributed by atoms with Crippen molar-refractivity contribution in [1.29, 1.82) is 0 Å². The molecule has 0 bridgehead atoms. The number of amidine groups is 1.